The van der Waals surface area contributed by atoms with E-state index in [1.165, 1.54) is 11.6 Å². The van der Waals surface area contributed by atoms with Gasteiger partial charge < -0.3 is 4.74 Å². The maximum atomic E-state index is 11.4. The van der Waals surface area contributed by atoms with E-state index in [0.717, 1.165) is 30.7 Å². The smallest absolute Gasteiger partial charge is 0.330 e. The van der Waals surface area contributed by atoms with Gasteiger partial charge in [-0.25, -0.2) is 4.79 Å². The molecule has 0 atom stereocenters. The first kappa shape index (κ1) is 14.1. The van der Waals surface area contributed by atoms with E-state index in [9.17, 15) is 4.79 Å². The molecule has 1 aliphatic carbocycles. The van der Waals surface area contributed by atoms with Crippen molar-refractivity contribution in [3.8, 4) is 0 Å². The highest BCUT2D eigenvalue weighted by Gasteiger charge is 2.24. The molecule has 1 aliphatic rings. The lowest BCUT2D eigenvalue weighted by Gasteiger charge is -2.28. The Hall–Kier alpha value is -1.28. The van der Waals surface area contributed by atoms with Gasteiger partial charge in [0.15, 0.2) is 0 Å². The van der Waals surface area contributed by atoms with E-state index >= 15 is 0 Å². The van der Waals surface area contributed by atoms with Crippen LogP contribution in [0.4, 0.5) is 0 Å². The van der Waals surface area contributed by atoms with Crippen LogP contribution in [-0.2, 0) is 9.53 Å². The van der Waals surface area contributed by atoms with Crippen LogP contribution < -0.4 is 0 Å². The summed E-state index contributed by atoms with van der Waals surface area (Å²) in [6.45, 7) is 1.82. The monoisotopic (exact) mass is 278 g/mol. The van der Waals surface area contributed by atoms with Gasteiger partial charge >= 0.3 is 5.97 Å². The molecule has 0 bridgehead atoms. The summed E-state index contributed by atoms with van der Waals surface area (Å²) >= 11 is 5.90. The lowest BCUT2D eigenvalue weighted by atomic mass is 9.83. The zero-order valence-corrected chi connectivity index (χ0v) is 11.9. The molecule has 1 aromatic rings. The van der Waals surface area contributed by atoms with Crippen LogP contribution in [0.1, 0.15) is 44.1 Å². The minimum atomic E-state index is -0.225. The molecule has 0 heterocycles. The highest BCUT2D eigenvalue weighted by atomic mass is 35.5. The molecule has 0 radical (unpaired) electrons. The summed E-state index contributed by atoms with van der Waals surface area (Å²) in [5.74, 6) is 0.339. The number of hydrogen-bond donors (Lipinski definition) is 0. The SMILES string of the molecule is CC=CC(=O)OC1CCC(c2ccc(Cl)cc2)CC1. The number of ether oxygens (including phenoxy) is 1. The highest BCUT2D eigenvalue weighted by Crippen LogP contribution is 2.34. The second-order valence-corrected chi connectivity index (χ2v) is 5.40. The average molecular weight is 279 g/mol. The van der Waals surface area contributed by atoms with E-state index in [1.807, 2.05) is 19.1 Å². The lowest BCUT2D eigenvalue weighted by molar-refractivity contribution is -0.144. The van der Waals surface area contributed by atoms with Gasteiger partial charge in [0.05, 0.1) is 0 Å². The van der Waals surface area contributed by atoms with Crippen molar-refractivity contribution in [3.05, 3.63) is 47.0 Å². The molecule has 1 aromatic carbocycles. The van der Waals surface area contributed by atoms with Crippen molar-refractivity contribution in [1.29, 1.82) is 0 Å². The Bertz CT molecular complexity index is 442. The molecule has 3 heteroatoms. The van der Waals surface area contributed by atoms with Crippen molar-refractivity contribution >= 4 is 17.6 Å². The molecule has 102 valence electrons. The third-order valence-electron chi connectivity index (χ3n) is 3.60. The fourth-order valence-electron chi connectivity index (χ4n) is 2.59. The summed E-state index contributed by atoms with van der Waals surface area (Å²) in [4.78, 5) is 11.4. The first-order valence-corrected chi connectivity index (χ1v) is 7.15. The Balaban J connectivity index is 1.85. The predicted molar refractivity (Wildman–Crippen MR) is 77.4 cm³/mol. The number of carbonyl (C=O) groups is 1. The fraction of sp³-hybridized carbons (Fsp3) is 0.438. The number of benzene rings is 1. The van der Waals surface area contributed by atoms with Crippen LogP contribution in [0.2, 0.25) is 5.02 Å². The number of carbonyl (C=O) groups excluding carboxylic acids is 1. The van der Waals surface area contributed by atoms with Crippen LogP contribution in [-0.4, -0.2) is 12.1 Å². The second-order valence-electron chi connectivity index (χ2n) is 4.96. The molecule has 1 fully saturated rings. The van der Waals surface area contributed by atoms with Crippen molar-refractivity contribution in [2.45, 2.75) is 44.6 Å². The summed E-state index contributed by atoms with van der Waals surface area (Å²) in [5.41, 5.74) is 1.34. The van der Waals surface area contributed by atoms with Crippen molar-refractivity contribution in [2.24, 2.45) is 0 Å². The number of hydrogen-bond acceptors (Lipinski definition) is 2. The molecule has 0 N–H and O–H groups in total. The average Bonchev–Trinajstić information content (AvgIpc) is 2.41. The van der Waals surface area contributed by atoms with E-state index in [0.29, 0.717) is 5.92 Å². The number of halogens is 1. The third kappa shape index (κ3) is 4.10. The minimum absolute atomic E-state index is 0.0762. The molecule has 0 aromatic heterocycles. The van der Waals surface area contributed by atoms with Gasteiger partial charge in [-0.1, -0.05) is 29.8 Å². The largest absolute Gasteiger partial charge is 0.459 e. The summed E-state index contributed by atoms with van der Waals surface area (Å²) in [5, 5.41) is 0.776. The van der Waals surface area contributed by atoms with Gasteiger partial charge in [-0.15, -0.1) is 0 Å². The zero-order valence-electron chi connectivity index (χ0n) is 11.1. The van der Waals surface area contributed by atoms with E-state index in [1.54, 1.807) is 6.08 Å². The van der Waals surface area contributed by atoms with Crippen LogP contribution >= 0.6 is 11.6 Å². The first-order chi connectivity index (χ1) is 9.19. The van der Waals surface area contributed by atoms with Crippen LogP contribution in [0.5, 0.6) is 0 Å². The van der Waals surface area contributed by atoms with Crippen molar-refractivity contribution < 1.29 is 9.53 Å². The Morgan fingerprint density at radius 2 is 1.84 bits per heavy atom. The minimum Gasteiger partial charge on any atom is -0.459 e. The molecule has 0 aliphatic heterocycles. The summed E-state index contributed by atoms with van der Waals surface area (Å²) < 4.78 is 5.39. The van der Waals surface area contributed by atoms with Crippen LogP contribution in [0.3, 0.4) is 0 Å². The van der Waals surface area contributed by atoms with Gasteiger partial charge in [-0.2, -0.15) is 0 Å². The van der Waals surface area contributed by atoms with Crippen molar-refractivity contribution in [3.63, 3.8) is 0 Å². The van der Waals surface area contributed by atoms with Crippen molar-refractivity contribution in [1.82, 2.24) is 0 Å². The molecule has 19 heavy (non-hydrogen) atoms. The van der Waals surface area contributed by atoms with Gasteiger partial charge in [0.25, 0.3) is 0 Å². The van der Waals surface area contributed by atoms with Crippen LogP contribution in [0, 0.1) is 0 Å². The van der Waals surface area contributed by atoms with Gasteiger partial charge in [-0.3, -0.25) is 0 Å². The molecule has 0 saturated heterocycles. The van der Waals surface area contributed by atoms with Crippen LogP contribution in [0.25, 0.3) is 0 Å². The quantitative estimate of drug-likeness (QED) is 0.602. The fourth-order valence-corrected chi connectivity index (χ4v) is 2.71. The maximum absolute atomic E-state index is 11.4. The maximum Gasteiger partial charge on any atom is 0.330 e. The molecule has 0 unspecified atom stereocenters. The normalized spacial score (nSPS) is 23.5. The third-order valence-corrected chi connectivity index (χ3v) is 3.85. The number of allylic oxidation sites excluding steroid dienone is 1. The molecule has 2 nitrogen and oxygen atoms in total. The topological polar surface area (TPSA) is 26.3 Å². The molecule has 0 amide bonds. The standard InChI is InChI=1S/C16H19ClO2/c1-2-3-16(18)19-15-10-6-13(7-11-15)12-4-8-14(17)9-5-12/h2-5,8-9,13,15H,6-7,10-11H2,1H3. The van der Waals surface area contributed by atoms with Gasteiger partial charge in [0, 0.05) is 11.1 Å². The zero-order chi connectivity index (χ0) is 13.7. The molecular weight excluding hydrogens is 260 g/mol. The summed E-state index contributed by atoms with van der Waals surface area (Å²) in [6.07, 6.45) is 7.28. The molecule has 0 spiro atoms. The van der Waals surface area contributed by atoms with Gasteiger partial charge in [-0.05, 0) is 56.2 Å². The van der Waals surface area contributed by atoms with Crippen LogP contribution in [0.15, 0.2) is 36.4 Å². The van der Waals surface area contributed by atoms with E-state index in [2.05, 4.69) is 12.1 Å². The number of esters is 1. The first-order valence-electron chi connectivity index (χ1n) is 6.78. The molecular formula is C16H19ClO2. The summed E-state index contributed by atoms with van der Waals surface area (Å²) in [7, 11) is 0. The van der Waals surface area contributed by atoms with Gasteiger partial charge in [0.1, 0.15) is 6.10 Å². The van der Waals surface area contributed by atoms with E-state index < -0.39 is 0 Å². The highest BCUT2D eigenvalue weighted by molar-refractivity contribution is 6.30. The van der Waals surface area contributed by atoms with E-state index in [-0.39, 0.29) is 12.1 Å². The second kappa shape index (κ2) is 6.76. The predicted octanol–water partition coefficient (Wildman–Crippen LogP) is 4.49. The summed E-state index contributed by atoms with van der Waals surface area (Å²) in [6, 6.07) is 8.07. The Morgan fingerprint density at radius 1 is 1.21 bits per heavy atom. The van der Waals surface area contributed by atoms with Gasteiger partial charge in [0.2, 0.25) is 0 Å². The Morgan fingerprint density at radius 3 is 2.42 bits per heavy atom. The Kier molecular flexibility index (Phi) is 5.03. The lowest BCUT2D eigenvalue weighted by Crippen LogP contribution is -2.23. The van der Waals surface area contributed by atoms with E-state index in [4.69, 9.17) is 16.3 Å². The molecule has 1 saturated carbocycles. The van der Waals surface area contributed by atoms with Crippen molar-refractivity contribution in [2.75, 3.05) is 0 Å². The Labute approximate surface area is 119 Å². The molecule has 2 rings (SSSR count). The number of rotatable bonds is 3.